The quantitative estimate of drug-likeness (QED) is 0.0769. The third-order valence-corrected chi connectivity index (χ3v) is 9.58. The molecule has 0 radical (unpaired) electrons. The van der Waals surface area contributed by atoms with E-state index in [4.69, 9.17) is 0 Å². The summed E-state index contributed by atoms with van der Waals surface area (Å²) in [7, 11) is 0. The first-order valence-corrected chi connectivity index (χ1v) is 14.2. The van der Waals surface area contributed by atoms with Crippen molar-refractivity contribution < 1.29 is 24.4 Å². The fourth-order valence-corrected chi connectivity index (χ4v) is 8.09. The largest absolute Gasteiger partial charge is 0.344 e. The third kappa shape index (κ3) is 5.13. The summed E-state index contributed by atoms with van der Waals surface area (Å²) in [4.78, 5) is 62.6. The molecule has 2 aliphatic rings. The van der Waals surface area contributed by atoms with Crippen LogP contribution in [0.1, 0.15) is 118 Å². The molecule has 39 heavy (non-hydrogen) atoms. The molecule has 0 aromatic carbocycles. The molecule has 1 spiro atoms. The Labute approximate surface area is 230 Å². The summed E-state index contributed by atoms with van der Waals surface area (Å²) < 4.78 is 0. The Balaban J connectivity index is 2.36. The van der Waals surface area contributed by atoms with Crippen molar-refractivity contribution in [2.24, 2.45) is 16.2 Å². The molecule has 0 heterocycles. The highest BCUT2D eigenvalue weighted by Crippen LogP contribution is 2.66. The van der Waals surface area contributed by atoms with Crippen LogP contribution in [0.15, 0.2) is 12.7 Å². The molecule has 2 aliphatic carbocycles. The van der Waals surface area contributed by atoms with Gasteiger partial charge in [0.25, 0.3) is 11.8 Å². The van der Waals surface area contributed by atoms with Gasteiger partial charge < -0.3 is 0 Å². The Morgan fingerprint density at radius 1 is 0.795 bits per heavy atom. The van der Waals surface area contributed by atoms with Gasteiger partial charge >= 0.3 is 5.54 Å². The molecule has 0 aromatic heterocycles. The molecule has 2 atom stereocenters. The van der Waals surface area contributed by atoms with Gasteiger partial charge in [0, 0.05) is 32.0 Å². The second-order valence-corrected chi connectivity index (χ2v) is 12.9. The van der Waals surface area contributed by atoms with Crippen molar-refractivity contribution >= 4 is 11.6 Å². The predicted molar refractivity (Wildman–Crippen MR) is 146 cm³/mol. The van der Waals surface area contributed by atoms with E-state index < -0.39 is 79.0 Å². The number of rotatable bonds is 15. The van der Waals surface area contributed by atoms with E-state index in [1.165, 1.54) is 59.5 Å². The molecule has 11 heteroatoms. The summed E-state index contributed by atoms with van der Waals surface area (Å²) in [6, 6.07) is -2.13. The zero-order valence-electron chi connectivity index (χ0n) is 24.2. The fraction of sp³-hybridized carbons (Fsp3) is 0.857. The molecule has 2 rings (SSSR count). The highest BCUT2D eigenvalue weighted by atomic mass is 16.6. The average molecular weight is 552 g/mol. The van der Waals surface area contributed by atoms with Crippen molar-refractivity contribution in [3.63, 3.8) is 0 Å². The maximum absolute atomic E-state index is 14.1. The van der Waals surface area contributed by atoms with Crippen molar-refractivity contribution in [1.29, 1.82) is 0 Å². The number of unbranched alkanes of at least 4 members (excludes halogenated alkanes) is 9. The second kappa shape index (κ2) is 11.8. The van der Waals surface area contributed by atoms with Crippen molar-refractivity contribution in [3.05, 3.63) is 43.0 Å². The molecule has 0 bridgehead atoms. The number of hydrogen-bond acceptors (Lipinski definition) is 8. The van der Waals surface area contributed by atoms with Crippen LogP contribution in [0.2, 0.25) is 0 Å². The first kappa shape index (κ1) is 32.5. The molecule has 220 valence electrons. The highest BCUT2D eigenvalue weighted by molar-refractivity contribution is 6.21. The lowest BCUT2D eigenvalue weighted by molar-refractivity contribution is -0.606. The molecule has 0 aromatic rings. The minimum absolute atomic E-state index is 0.215. The first-order valence-electron chi connectivity index (χ1n) is 14.2. The molecule has 11 nitrogen and oxygen atoms in total. The minimum atomic E-state index is -2.72. The topological polar surface area (TPSA) is 164 Å². The van der Waals surface area contributed by atoms with Gasteiger partial charge in [-0.25, -0.2) is 0 Å². The number of Topliss-reactive ketones (excluding diaryl/α,β-unsaturated/α-hetero) is 2. The van der Waals surface area contributed by atoms with E-state index in [1.807, 2.05) is 0 Å². The van der Waals surface area contributed by atoms with Gasteiger partial charge in [0.2, 0.25) is 11.3 Å². The van der Waals surface area contributed by atoms with Crippen LogP contribution in [-0.2, 0) is 9.59 Å². The number of nitro groups is 3. The number of hydrogen-bond donors (Lipinski definition) is 0. The van der Waals surface area contributed by atoms with Crippen LogP contribution in [0, 0.1) is 46.6 Å². The lowest BCUT2D eigenvalue weighted by Crippen LogP contribution is -2.68. The maximum atomic E-state index is 14.1. The predicted octanol–water partition coefficient (Wildman–Crippen LogP) is 6.14. The summed E-state index contributed by atoms with van der Waals surface area (Å²) in [5, 5.41) is 37.2. The van der Waals surface area contributed by atoms with Crippen LogP contribution >= 0.6 is 0 Å². The lowest BCUT2D eigenvalue weighted by atomic mass is 9.44. The van der Waals surface area contributed by atoms with Gasteiger partial charge in [0.15, 0.2) is 0 Å². The van der Waals surface area contributed by atoms with Gasteiger partial charge in [-0.3, -0.25) is 39.9 Å². The van der Waals surface area contributed by atoms with Crippen molar-refractivity contribution in [1.82, 2.24) is 0 Å². The van der Waals surface area contributed by atoms with E-state index in [0.29, 0.717) is 6.42 Å². The van der Waals surface area contributed by atoms with Crippen LogP contribution in [0.5, 0.6) is 0 Å². The Morgan fingerprint density at radius 2 is 1.23 bits per heavy atom. The van der Waals surface area contributed by atoms with Gasteiger partial charge in [0.1, 0.15) is 5.41 Å². The van der Waals surface area contributed by atoms with E-state index in [9.17, 15) is 39.9 Å². The van der Waals surface area contributed by atoms with Crippen LogP contribution in [-0.4, -0.2) is 43.5 Å². The van der Waals surface area contributed by atoms with Gasteiger partial charge in [0.05, 0.1) is 0 Å². The third-order valence-electron chi connectivity index (χ3n) is 9.58. The molecule has 2 unspecified atom stereocenters. The summed E-state index contributed by atoms with van der Waals surface area (Å²) in [5.74, 6) is -2.36. The molecule has 0 saturated heterocycles. The highest BCUT2D eigenvalue weighted by Gasteiger charge is 2.85. The second-order valence-electron chi connectivity index (χ2n) is 12.9. The van der Waals surface area contributed by atoms with Crippen LogP contribution in [0.4, 0.5) is 0 Å². The van der Waals surface area contributed by atoms with E-state index in [-0.39, 0.29) is 6.42 Å². The van der Waals surface area contributed by atoms with Crippen LogP contribution < -0.4 is 0 Å². The molecule has 2 saturated carbocycles. The zero-order chi connectivity index (χ0) is 29.9. The van der Waals surface area contributed by atoms with Gasteiger partial charge in [-0.15, -0.1) is 0 Å². The standard InChI is InChI=1S/C28H45N3O8/c1-7-9-10-11-12-13-14-15-16-17-18-27(30(36)37)22(32)21(29(34)35)26(23(27)33)19-24(3,4)28(8-2,31(38)39)25(5,6)20-26/h8,21H,2,7,9-20H2,1,3-6H3. The molecular formula is C28H45N3O8. The maximum Gasteiger partial charge on any atom is 0.344 e. The van der Waals surface area contributed by atoms with Crippen molar-refractivity contribution in [2.45, 2.75) is 135 Å². The van der Waals surface area contributed by atoms with Crippen molar-refractivity contribution in [2.75, 3.05) is 0 Å². The summed E-state index contributed by atoms with van der Waals surface area (Å²) >= 11 is 0. The lowest BCUT2D eigenvalue weighted by Gasteiger charge is -2.55. The van der Waals surface area contributed by atoms with E-state index in [1.54, 1.807) is 0 Å². The normalized spacial score (nSPS) is 26.4. The molecular weight excluding hydrogens is 506 g/mol. The zero-order valence-corrected chi connectivity index (χ0v) is 24.2. The Kier molecular flexibility index (Phi) is 9.83. The number of ketones is 2. The van der Waals surface area contributed by atoms with Gasteiger partial charge in [-0.05, 0) is 25.3 Å². The van der Waals surface area contributed by atoms with E-state index >= 15 is 0 Å². The number of carbonyl (C=O) groups is 2. The Hall–Kier alpha value is -2.72. The minimum Gasteiger partial charge on any atom is -0.290 e. The first-order chi connectivity index (χ1) is 18.1. The fourth-order valence-electron chi connectivity index (χ4n) is 8.09. The molecule has 2 fully saturated rings. The summed E-state index contributed by atoms with van der Waals surface area (Å²) in [6.07, 6.45) is 9.43. The summed E-state index contributed by atoms with van der Waals surface area (Å²) in [5.41, 5.74) is -9.25. The van der Waals surface area contributed by atoms with E-state index in [2.05, 4.69) is 13.5 Å². The van der Waals surface area contributed by atoms with Crippen LogP contribution in [0.25, 0.3) is 0 Å². The molecule has 0 N–H and O–H groups in total. The van der Waals surface area contributed by atoms with Gasteiger partial charge in [-0.2, -0.15) is 0 Å². The van der Waals surface area contributed by atoms with E-state index in [0.717, 1.165) is 25.7 Å². The SMILES string of the molecule is C=CC1([N+](=O)[O-])C(C)(C)CC2(CC1(C)C)C(=O)C(CCCCCCCCCCCC)([N+](=O)[O-])C(=O)C2[N+](=O)[O-]. The smallest absolute Gasteiger partial charge is 0.290 e. The average Bonchev–Trinajstić information content (AvgIpc) is 2.97. The Morgan fingerprint density at radius 3 is 1.59 bits per heavy atom. The molecule has 0 amide bonds. The Bertz CT molecular complexity index is 987. The van der Waals surface area contributed by atoms with Crippen LogP contribution in [0.3, 0.4) is 0 Å². The number of nitrogens with zero attached hydrogens (tertiary/aromatic N) is 3. The van der Waals surface area contributed by atoms with Gasteiger partial charge in [-0.1, -0.05) is 99.0 Å². The molecule has 0 aliphatic heterocycles. The number of carbonyl (C=O) groups excluding carboxylic acids is 2. The van der Waals surface area contributed by atoms with Crippen molar-refractivity contribution in [3.8, 4) is 0 Å². The summed E-state index contributed by atoms with van der Waals surface area (Å²) in [6.45, 7) is 11.9. The monoisotopic (exact) mass is 551 g/mol.